The van der Waals surface area contributed by atoms with E-state index in [1.54, 1.807) is 13.8 Å². The number of nitriles is 1. The predicted octanol–water partition coefficient (Wildman–Crippen LogP) is 15.2. The number of hydrogen-bond acceptors (Lipinski definition) is 8. The van der Waals surface area contributed by atoms with Gasteiger partial charge in [0, 0.05) is 38.5 Å². The van der Waals surface area contributed by atoms with Gasteiger partial charge in [-0.1, -0.05) is 113 Å². The third-order valence-corrected chi connectivity index (χ3v) is 24.3. The van der Waals surface area contributed by atoms with Gasteiger partial charge in [0.1, 0.15) is 12.2 Å². The van der Waals surface area contributed by atoms with Crippen molar-refractivity contribution in [3.8, 4) is 6.07 Å². The van der Waals surface area contributed by atoms with Crippen LogP contribution >= 0.6 is 0 Å². The Morgan fingerprint density at radius 3 is 1.48 bits per heavy atom. The average Bonchev–Trinajstić information content (AvgIpc) is 4.07. The van der Waals surface area contributed by atoms with E-state index in [9.17, 15) is 9.59 Å². The summed E-state index contributed by atoms with van der Waals surface area (Å²) < 4.78 is 12.8. The van der Waals surface area contributed by atoms with Gasteiger partial charge in [-0.3, -0.25) is 9.59 Å². The number of nitrogens with one attached hydrogen (secondary N) is 1. The summed E-state index contributed by atoms with van der Waals surface area (Å²) in [7, 11) is 0. The second-order valence-electron chi connectivity index (χ2n) is 27.7. The molecule has 0 bridgehead atoms. The van der Waals surface area contributed by atoms with E-state index < -0.39 is 0 Å². The molecule has 71 heavy (non-hydrogen) atoms. The summed E-state index contributed by atoms with van der Waals surface area (Å²) in [6.07, 6.45) is 30.0. The Bertz CT molecular complexity index is 1970. The van der Waals surface area contributed by atoms with Crippen molar-refractivity contribution in [2.75, 3.05) is 0 Å². The maximum atomic E-state index is 12.5. The van der Waals surface area contributed by atoms with E-state index >= 15 is 0 Å². The standard InChI is InChI=1S/C31H52N4O2.C31H51NO2/c1-7-22-26-18-19(2)14-16-31(26,6)25-15-17-30(5)23(12-13-24(30)28(25)29(22)37-21(4)36)20(3)10-8-9-11-27-32-34-35-33-27;1-7-23-27-19-20(2)14-16-31(27,6)26-15-17-30(5)24(21(3)11-9-8-10-18-32)12-13-25(30)28(26)29(23)34-22(4)33/h19-20,22-26,28-29H,7-18H2,1-6H3,(H,32,33,34,35);20-21,23-29H,7-17,19H2,1-6H3/t19-,20-,22-,23-,24+,25+,26+,28+,29-,30-,31-;20-,21-,23-,24-,25+,26+,27+,28+,29-,30-,31-/m11/s1. The number of carbonyl (C=O) groups excluding carboxylic acids is 2. The van der Waals surface area contributed by atoms with Gasteiger partial charge in [-0.05, 0) is 207 Å². The van der Waals surface area contributed by atoms with Crippen molar-refractivity contribution in [3.05, 3.63) is 5.82 Å². The van der Waals surface area contributed by atoms with E-state index in [0.29, 0.717) is 87.3 Å². The topological polar surface area (TPSA) is 131 Å². The number of nitrogens with zero attached hydrogens (tertiary/aromatic N) is 4. The Balaban J connectivity index is 0.000000191. The van der Waals surface area contributed by atoms with Crippen molar-refractivity contribution in [2.45, 2.75) is 249 Å². The Labute approximate surface area is 432 Å². The van der Waals surface area contributed by atoms with Crippen molar-refractivity contribution in [1.82, 2.24) is 20.6 Å². The molecule has 8 aliphatic rings. The molecule has 8 saturated carbocycles. The van der Waals surface area contributed by atoms with Gasteiger partial charge >= 0.3 is 11.9 Å². The summed E-state index contributed by atoms with van der Waals surface area (Å²) in [5.41, 5.74) is 1.57. The first-order valence-electron chi connectivity index (χ1n) is 30.3. The fourth-order valence-corrected chi connectivity index (χ4v) is 21.1. The monoisotopic (exact) mass is 982 g/mol. The number of rotatable bonds is 15. The number of esters is 2. The highest BCUT2D eigenvalue weighted by atomic mass is 16.5. The van der Waals surface area contributed by atoms with Crippen molar-refractivity contribution in [3.63, 3.8) is 0 Å². The first-order valence-corrected chi connectivity index (χ1v) is 30.3. The number of ether oxygens (including phenoxy) is 2. The van der Waals surface area contributed by atoms with E-state index in [1.807, 2.05) is 0 Å². The fourth-order valence-electron chi connectivity index (χ4n) is 21.1. The first kappa shape index (κ1) is 54.8. The molecule has 0 radical (unpaired) electrons. The van der Waals surface area contributed by atoms with E-state index in [-0.39, 0.29) is 24.1 Å². The molecule has 1 aromatic heterocycles. The molecule has 9 nitrogen and oxygen atoms in total. The first-order chi connectivity index (χ1) is 33.9. The average molecular weight is 983 g/mol. The van der Waals surface area contributed by atoms with Crippen LogP contribution in [0.5, 0.6) is 0 Å². The second-order valence-corrected chi connectivity index (χ2v) is 27.7. The molecule has 0 aliphatic heterocycles. The number of tetrazole rings is 1. The Kier molecular flexibility index (Phi) is 17.3. The van der Waals surface area contributed by atoms with Crippen LogP contribution in [0.15, 0.2) is 0 Å². The van der Waals surface area contributed by atoms with E-state index in [0.717, 1.165) is 73.4 Å². The minimum atomic E-state index is -0.0673. The van der Waals surface area contributed by atoms with Crippen LogP contribution in [0.1, 0.15) is 237 Å². The summed E-state index contributed by atoms with van der Waals surface area (Å²) in [4.78, 5) is 24.9. The summed E-state index contributed by atoms with van der Waals surface area (Å²) in [5.74, 6) is 11.6. The van der Waals surface area contributed by atoms with Crippen molar-refractivity contribution >= 4 is 11.9 Å². The lowest BCUT2D eigenvalue weighted by atomic mass is 9.41. The highest BCUT2D eigenvalue weighted by molar-refractivity contribution is 5.66. The smallest absolute Gasteiger partial charge is 0.302 e. The van der Waals surface area contributed by atoms with E-state index in [1.165, 1.54) is 116 Å². The lowest BCUT2D eigenvalue weighted by Gasteiger charge is -2.65. The molecule has 400 valence electrons. The number of unbranched alkanes of at least 4 members (excludes halogenated alkanes) is 3. The third-order valence-electron chi connectivity index (χ3n) is 24.3. The van der Waals surface area contributed by atoms with Crippen LogP contribution in [-0.2, 0) is 25.5 Å². The number of carbonyl (C=O) groups is 2. The zero-order valence-corrected chi connectivity index (χ0v) is 47.3. The molecule has 0 unspecified atom stereocenters. The Morgan fingerprint density at radius 1 is 0.634 bits per heavy atom. The summed E-state index contributed by atoms with van der Waals surface area (Å²) >= 11 is 0. The molecule has 0 amide bonds. The highest BCUT2D eigenvalue weighted by Gasteiger charge is 2.67. The van der Waals surface area contributed by atoms with Gasteiger partial charge in [-0.25, -0.2) is 0 Å². The summed E-state index contributed by atoms with van der Waals surface area (Å²) in [6.45, 7) is 28.4. The lowest BCUT2D eigenvalue weighted by molar-refractivity contribution is -0.214. The molecule has 0 saturated heterocycles. The molecule has 1 N–H and O–H groups in total. The predicted molar refractivity (Wildman–Crippen MR) is 283 cm³/mol. The molecular formula is C62H103N5O4. The maximum Gasteiger partial charge on any atom is 0.302 e. The zero-order chi connectivity index (χ0) is 51.0. The van der Waals surface area contributed by atoms with Crippen LogP contribution in [0.2, 0.25) is 0 Å². The van der Waals surface area contributed by atoms with Gasteiger partial charge in [0.25, 0.3) is 0 Å². The number of aryl methyl sites for hydroxylation is 1. The molecule has 1 aromatic rings. The van der Waals surface area contributed by atoms with Gasteiger partial charge < -0.3 is 9.47 Å². The van der Waals surface area contributed by atoms with Crippen molar-refractivity contribution < 1.29 is 19.1 Å². The maximum absolute atomic E-state index is 12.5. The van der Waals surface area contributed by atoms with Gasteiger partial charge in [0.05, 0.1) is 6.07 Å². The zero-order valence-electron chi connectivity index (χ0n) is 47.3. The van der Waals surface area contributed by atoms with Crippen LogP contribution in [-0.4, -0.2) is 44.8 Å². The number of H-pyrrole nitrogens is 1. The van der Waals surface area contributed by atoms with Gasteiger partial charge in [0.15, 0.2) is 5.82 Å². The van der Waals surface area contributed by atoms with Gasteiger partial charge in [0.2, 0.25) is 0 Å². The van der Waals surface area contributed by atoms with E-state index in [4.69, 9.17) is 14.7 Å². The number of hydrogen-bond donors (Lipinski definition) is 1. The van der Waals surface area contributed by atoms with Gasteiger partial charge in [-0.2, -0.15) is 10.5 Å². The lowest BCUT2D eigenvalue weighted by Crippen LogP contribution is -2.62. The summed E-state index contributed by atoms with van der Waals surface area (Å²) in [6, 6.07) is 2.31. The molecule has 0 aromatic carbocycles. The largest absolute Gasteiger partial charge is 0.462 e. The van der Waals surface area contributed by atoms with Crippen LogP contribution in [0.4, 0.5) is 0 Å². The van der Waals surface area contributed by atoms with Gasteiger partial charge in [-0.15, -0.1) is 10.2 Å². The molecule has 22 atom stereocenters. The second kappa shape index (κ2) is 22.4. The molecule has 8 aliphatic carbocycles. The number of aromatic amines is 1. The van der Waals surface area contributed by atoms with Crippen LogP contribution < -0.4 is 0 Å². The quantitative estimate of drug-likeness (QED) is 0.136. The van der Waals surface area contributed by atoms with Crippen LogP contribution in [0.25, 0.3) is 0 Å². The van der Waals surface area contributed by atoms with Crippen molar-refractivity contribution in [2.24, 2.45) is 116 Å². The molecule has 9 rings (SSSR count). The molecule has 1 heterocycles. The minimum absolute atomic E-state index is 0.0635. The molecule has 9 heteroatoms. The fraction of sp³-hybridized carbons (Fsp3) is 0.935. The number of aromatic nitrogens is 4. The molecule has 0 spiro atoms. The van der Waals surface area contributed by atoms with Crippen LogP contribution in [0.3, 0.4) is 0 Å². The third kappa shape index (κ3) is 10.3. The SMILES string of the molecule is CC[C@H]1[C@@H](OC(C)=O)[C@@H]2[C@H](CC[C@]3(C)[C@@H]([C@H](C)CCCCC#N)CC[C@@H]23)[C@@]2(C)CC[C@@H](C)C[C@@H]12.CC[C@H]1[C@@H](OC(C)=O)[C@@H]2[C@H](CC[C@]3(C)[C@@H]([C@H](C)CCCCc4nn[nH]n4)CC[C@@H]23)[C@@]2(C)CC[C@@H](C)C[C@@H]12. The summed E-state index contributed by atoms with van der Waals surface area (Å²) in [5, 5.41) is 23.4. The van der Waals surface area contributed by atoms with Crippen LogP contribution in [0, 0.1) is 128 Å². The highest BCUT2D eigenvalue weighted by Crippen LogP contribution is 2.72. The molecule has 8 fully saturated rings. The number of fused-ring (bicyclic) bond motifs is 10. The normalized spacial score (nSPS) is 45.2. The molecular weight excluding hydrogens is 879 g/mol. The van der Waals surface area contributed by atoms with E-state index in [2.05, 4.69) is 95.9 Å². The van der Waals surface area contributed by atoms with Crippen molar-refractivity contribution in [1.29, 1.82) is 5.26 Å². The minimum Gasteiger partial charge on any atom is -0.462 e. The Hall–Kier alpha value is -2.50. The Morgan fingerprint density at radius 2 is 1.07 bits per heavy atom.